The minimum Gasteiger partial charge on any atom is -0.481 e. The number of carboxylic acid groups (broad SMARTS) is 1. The molecule has 0 aromatic carbocycles. The third kappa shape index (κ3) is 3.02. The number of carboxylic acids is 1. The molecule has 2 heterocycles. The lowest BCUT2D eigenvalue weighted by molar-refractivity contribution is -0.150. The minimum absolute atomic E-state index is 0.186. The van der Waals surface area contributed by atoms with Crippen molar-refractivity contribution in [1.29, 1.82) is 0 Å². The summed E-state index contributed by atoms with van der Waals surface area (Å²) in [5, 5.41) is 8.96. The molecule has 1 atom stereocenters. The third-order valence-electron chi connectivity index (χ3n) is 2.71. The summed E-state index contributed by atoms with van der Waals surface area (Å²) in [6.45, 7) is 1.01. The molecule has 1 saturated heterocycles. The van der Waals surface area contributed by atoms with Gasteiger partial charge in [-0.25, -0.2) is 4.79 Å². The number of anilines is 1. The fraction of sp³-hybridized carbons (Fsp3) is 0.545. The van der Waals surface area contributed by atoms with Gasteiger partial charge in [-0.2, -0.15) is 9.97 Å². The second-order valence-corrected chi connectivity index (χ2v) is 3.90. The van der Waals surface area contributed by atoms with E-state index in [2.05, 4.69) is 9.97 Å². The topological polar surface area (TPSA) is 94.0 Å². The summed E-state index contributed by atoms with van der Waals surface area (Å²) in [6.07, 6.45) is -0.880. The second-order valence-electron chi connectivity index (χ2n) is 3.90. The molecule has 0 radical (unpaired) electrons. The second kappa shape index (κ2) is 5.70. The van der Waals surface area contributed by atoms with Gasteiger partial charge >= 0.3 is 5.97 Å². The average molecular weight is 269 g/mol. The van der Waals surface area contributed by atoms with Crippen molar-refractivity contribution in [2.75, 3.05) is 38.8 Å². The maximum absolute atomic E-state index is 10.9. The predicted octanol–water partition coefficient (Wildman–Crippen LogP) is -0.216. The number of ether oxygens (including phenoxy) is 3. The number of aromatic nitrogens is 2. The monoisotopic (exact) mass is 269 g/mol. The van der Waals surface area contributed by atoms with E-state index < -0.39 is 12.1 Å². The van der Waals surface area contributed by atoms with Crippen molar-refractivity contribution in [2.45, 2.75) is 6.10 Å². The summed E-state index contributed by atoms with van der Waals surface area (Å²) in [5.74, 6) is 0.0887. The standard InChI is InChI=1S/C11H15N3O5/c1-17-8-5-9(18-2)13-11(12-8)14-3-4-19-7(6-14)10(15)16/h5,7H,3-4,6H2,1-2H3,(H,15,16). The van der Waals surface area contributed by atoms with Crippen LogP contribution in [0, 0.1) is 0 Å². The zero-order valence-corrected chi connectivity index (χ0v) is 10.7. The van der Waals surface area contributed by atoms with Gasteiger partial charge in [0.05, 0.1) is 33.4 Å². The molecule has 0 spiro atoms. The van der Waals surface area contributed by atoms with Crippen LogP contribution in [0.5, 0.6) is 11.8 Å². The van der Waals surface area contributed by atoms with Gasteiger partial charge in [0.2, 0.25) is 17.7 Å². The van der Waals surface area contributed by atoms with Gasteiger partial charge in [-0.15, -0.1) is 0 Å². The van der Waals surface area contributed by atoms with E-state index in [1.807, 2.05) is 0 Å². The fourth-order valence-electron chi connectivity index (χ4n) is 1.72. The summed E-state index contributed by atoms with van der Waals surface area (Å²) >= 11 is 0. The lowest BCUT2D eigenvalue weighted by atomic mass is 10.3. The first-order valence-corrected chi connectivity index (χ1v) is 5.70. The molecule has 1 unspecified atom stereocenters. The van der Waals surface area contributed by atoms with Crippen molar-refractivity contribution in [3.8, 4) is 11.8 Å². The van der Waals surface area contributed by atoms with Crippen LogP contribution in [-0.4, -0.2) is 61.1 Å². The summed E-state index contributed by atoms with van der Waals surface area (Å²) in [6, 6.07) is 1.55. The lowest BCUT2D eigenvalue weighted by Gasteiger charge is -2.30. The zero-order chi connectivity index (χ0) is 13.8. The molecule has 8 heteroatoms. The first kappa shape index (κ1) is 13.3. The van der Waals surface area contributed by atoms with Crippen LogP contribution in [0.2, 0.25) is 0 Å². The van der Waals surface area contributed by atoms with E-state index in [0.717, 1.165) is 0 Å². The maximum Gasteiger partial charge on any atom is 0.334 e. The van der Waals surface area contributed by atoms with Crippen LogP contribution in [0.1, 0.15) is 0 Å². The van der Waals surface area contributed by atoms with E-state index in [1.54, 1.807) is 11.0 Å². The summed E-state index contributed by atoms with van der Waals surface area (Å²) in [5.41, 5.74) is 0. The Bertz CT molecular complexity index is 445. The quantitative estimate of drug-likeness (QED) is 0.802. The highest BCUT2D eigenvalue weighted by Gasteiger charge is 2.28. The van der Waals surface area contributed by atoms with Gasteiger partial charge in [0.15, 0.2) is 6.10 Å². The third-order valence-corrected chi connectivity index (χ3v) is 2.71. The smallest absolute Gasteiger partial charge is 0.334 e. The highest BCUT2D eigenvalue weighted by atomic mass is 16.5. The molecular weight excluding hydrogens is 254 g/mol. The number of nitrogens with zero attached hydrogens (tertiary/aromatic N) is 3. The Kier molecular flexibility index (Phi) is 4.00. The molecule has 19 heavy (non-hydrogen) atoms. The Morgan fingerprint density at radius 1 is 1.42 bits per heavy atom. The normalized spacial score (nSPS) is 19.1. The number of rotatable bonds is 4. The van der Waals surface area contributed by atoms with Crippen molar-refractivity contribution in [3.05, 3.63) is 6.07 Å². The summed E-state index contributed by atoms with van der Waals surface area (Å²) < 4.78 is 15.3. The fourth-order valence-corrected chi connectivity index (χ4v) is 1.72. The minimum atomic E-state index is -1.00. The molecule has 0 saturated carbocycles. The van der Waals surface area contributed by atoms with Crippen molar-refractivity contribution in [2.24, 2.45) is 0 Å². The highest BCUT2D eigenvalue weighted by molar-refractivity contribution is 5.73. The van der Waals surface area contributed by atoms with E-state index in [1.165, 1.54) is 14.2 Å². The number of aliphatic carboxylic acids is 1. The SMILES string of the molecule is COc1cc(OC)nc(N2CCOC(C(=O)O)C2)n1. The molecule has 1 N–H and O–H groups in total. The first-order valence-electron chi connectivity index (χ1n) is 5.70. The van der Waals surface area contributed by atoms with Gasteiger partial charge in [0.1, 0.15) is 0 Å². The molecule has 104 valence electrons. The number of methoxy groups -OCH3 is 2. The van der Waals surface area contributed by atoms with Crippen molar-refractivity contribution in [1.82, 2.24) is 9.97 Å². The molecule has 0 aliphatic carbocycles. The van der Waals surface area contributed by atoms with Gasteiger partial charge in [-0.3, -0.25) is 0 Å². The van der Waals surface area contributed by atoms with Gasteiger partial charge in [-0.05, 0) is 0 Å². The van der Waals surface area contributed by atoms with Gasteiger partial charge in [-0.1, -0.05) is 0 Å². The van der Waals surface area contributed by atoms with E-state index in [0.29, 0.717) is 30.9 Å². The largest absolute Gasteiger partial charge is 0.481 e. The molecule has 1 aromatic rings. The maximum atomic E-state index is 10.9. The molecule has 1 aliphatic rings. The van der Waals surface area contributed by atoms with Crippen molar-refractivity contribution < 1.29 is 24.1 Å². The van der Waals surface area contributed by atoms with Crippen LogP contribution in [0.15, 0.2) is 6.07 Å². The van der Waals surface area contributed by atoms with Crippen LogP contribution in [0.3, 0.4) is 0 Å². The molecule has 2 rings (SSSR count). The summed E-state index contributed by atoms with van der Waals surface area (Å²) in [7, 11) is 2.98. The number of carbonyl (C=O) groups is 1. The number of hydrogen-bond acceptors (Lipinski definition) is 7. The van der Waals surface area contributed by atoms with Crippen LogP contribution in [0.4, 0.5) is 5.95 Å². The Hall–Kier alpha value is -2.09. The lowest BCUT2D eigenvalue weighted by Crippen LogP contribution is -2.46. The molecule has 8 nitrogen and oxygen atoms in total. The predicted molar refractivity (Wildman–Crippen MR) is 64.7 cm³/mol. The van der Waals surface area contributed by atoms with Crippen LogP contribution < -0.4 is 14.4 Å². The first-order chi connectivity index (χ1) is 9.13. The van der Waals surface area contributed by atoms with E-state index in [9.17, 15) is 4.79 Å². The molecule has 1 aliphatic heterocycles. The Labute approximate surface area is 109 Å². The Morgan fingerprint density at radius 3 is 2.58 bits per heavy atom. The van der Waals surface area contributed by atoms with Gasteiger partial charge < -0.3 is 24.2 Å². The van der Waals surface area contributed by atoms with Crippen LogP contribution in [-0.2, 0) is 9.53 Å². The highest BCUT2D eigenvalue weighted by Crippen LogP contribution is 2.21. The number of hydrogen-bond donors (Lipinski definition) is 1. The number of morpholine rings is 1. The van der Waals surface area contributed by atoms with E-state index in [-0.39, 0.29) is 6.54 Å². The summed E-state index contributed by atoms with van der Waals surface area (Å²) in [4.78, 5) is 21.0. The average Bonchev–Trinajstić information content (AvgIpc) is 2.46. The Morgan fingerprint density at radius 2 is 2.05 bits per heavy atom. The zero-order valence-electron chi connectivity index (χ0n) is 10.7. The van der Waals surface area contributed by atoms with E-state index >= 15 is 0 Å². The van der Waals surface area contributed by atoms with Crippen LogP contribution >= 0.6 is 0 Å². The van der Waals surface area contributed by atoms with Crippen LogP contribution in [0.25, 0.3) is 0 Å². The molecule has 1 fully saturated rings. The van der Waals surface area contributed by atoms with Crippen molar-refractivity contribution in [3.63, 3.8) is 0 Å². The van der Waals surface area contributed by atoms with Gasteiger partial charge in [0.25, 0.3) is 0 Å². The van der Waals surface area contributed by atoms with E-state index in [4.69, 9.17) is 19.3 Å². The van der Waals surface area contributed by atoms with Crippen molar-refractivity contribution >= 4 is 11.9 Å². The Balaban J connectivity index is 2.22. The molecule has 1 aromatic heterocycles. The molecule has 0 bridgehead atoms. The van der Waals surface area contributed by atoms with Gasteiger partial charge in [0, 0.05) is 6.54 Å². The molecule has 0 amide bonds. The molecular formula is C11H15N3O5.